The highest BCUT2D eigenvalue weighted by molar-refractivity contribution is 14.2. The van der Waals surface area contributed by atoms with Crippen molar-refractivity contribution in [2.75, 3.05) is 4.72 Å². The van der Waals surface area contributed by atoms with Crippen molar-refractivity contribution in [2.45, 2.75) is 18.7 Å². The van der Waals surface area contributed by atoms with Gasteiger partial charge in [-0.1, -0.05) is 22.0 Å². The Morgan fingerprint density at radius 2 is 2.15 bits per heavy atom. The van der Waals surface area contributed by atoms with E-state index in [9.17, 15) is 7.62 Å². The van der Waals surface area contributed by atoms with Crippen LogP contribution in [0, 0.1) is 13.8 Å². The van der Waals surface area contributed by atoms with Gasteiger partial charge in [0.25, 0.3) is 0 Å². The number of rotatable bonds is 4. The number of benzene rings is 1. The molecule has 1 N–H and O–H groups in total. The van der Waals surface area contributed by atoms with E-state index in [1.807, 2.05) is 27.0 Å². The monoisotopic (exact) mass is 470 g/mol. The zero-order chi connectivity index (χ0) is 14.9. The normalized spacial score (nSPS) is 15.7. The summed E-state index contributed by atoms with van der Waals surface area (Å²) in [7, 11) is -0.972. The second-order valence-corrected chi connectivity index (χ2v) is 11.8. The van der Waals surface area contributed by atoms with Gasteiger partial charge in [0, 0.05) is 16.4 Å². The first kappa shape index (κ1) is 15.9. The Hall–Kier alpha value is -0.450. The van der Waals surface area contributed by atoms with Crippen LogP contribution in [0.15, 0.2) is 33.6 Å². The highest BCUT2D eigenvalue weighted by Crippen LogP contribution is 2.62. The Bertz CT molecular complexity index is 664. The average Bonchev–Trinajstić information content (AvgIpc) is 2.65. The summed E-state index contributed by atoms with van der Waals surface area (Å²) >= 11 is 1.58. The van der Waals surface area contributed by atoms with Crippen LogP contribution in [0.5, 0.6) is 0 Å². The maximum Gasteiger partial charge on any atom is 0.206 e. The fourth-order valence-corrected chi connectivity index (χ4v) is 6.03. The van der Waals surface area contributed by atoms with Crippen molar-refractivity contribution in [1.82, 2.24) is 9.78 Å². The fourth-order valence-electron chi connectivity index (χ4n) is 1.79. The molecule has 1 aromatic heterocycles. The average molecular weight is 471 g/mol. The molecule has 0 saturated carbocycles. The third-order valence-electron chi connectivity index (χ3n) is 2.93. The van der Waals surface area contributed by atoms with Crippen LogP contribution in [0.1, 0.15) is 11.4 Å². The molecule has 0 bridgehead atoms. The van der Waals surface area contributed by atoms with Crippen molar-refractivity contribution in [3.8, 4) is 0 Å². The lowest BCUT2D eigenvalue weighted by Crippen LogP contribution is -2.06. The molecule has 1 unspecified atom stereocenters. The molecular formula is C12H14BrIN3O2S-. The van der Waals surface area contributed by atoms with Crippen LogP contribution >= 0.6 is 43.4 Å². The van der Waals surface area contributed by atoms with E-state index >= 15 is 0 Å². The van der Waals surface area contributed by atoms with Crippen LogP contribution in [0.25, 0.3) is 0 Å². The molecule has 8 heteroatoms. The van der Waals surface area contributed by atoms with Crippen molar-refractivity contribution in [2.24, 2.45) is 7.05 Å². The minimum Gasteiger partial charge on any atom is -0.784 e. The number of anilines is 1. The number of nitrogens with one attached hydrogen (secondary N) is 1. The number of hydrogen-bond acceptors (Lipinski definition) is 4. The molecular weight excluding hydrogens is 457 g/mol. The predicted molar refractivity (Wildman–Crippen MR) is 91.8 cm³/mol. The summed E-state index contributed by atoms with van der Waals surface area (Å²) < 4.78 is 30.1. The van der Waals surface area contributed by atoms with Crippen molar-refractivity contribution in [3.05, 3.63) is 40.1 Å². The van der Waals surface area contributed by atoms with Gasteiger partial charge in [0.15, 0.2) is 0 Å². The van der Waals surface area contributed by atoms with Gasteiger partial charge in [-0.3, -0.25) is 7.75 Å². The summed E-state index contributed by atoms with van der Waals surface area (Å²) in [6.45, 7) is 3.71. The lowest BCUT2D eigenvalue weighted by Gasteiger charge is -2.41. The smallest absolute Gasteiger partial charge is 0.206 e. The van der Waals surface area contributed by atoms with Crippen molar-refractivity contribution in [3.63, 3.8) is 0 Å². The van der Waals surface area contributed by atoms with Gasteiger partial charge in [0.05, 0.1) is 17.1 Å². The quantitative estimate of drug-likeness (QED) is 0.674. The van der Waals surface area contributed by atoms with Crippen LogP contribution < -0.4 is 4.72 Å². The van der Waals surface area contributed by atoms with E-state index in [0.29, 0.717) is 10.6 Å². The molecule has 5 nitrogen and oxygen atoms in total. The first-order chi connectivity index (χ1) is 9.37. The molecule has 0 aliphatic rings. The van der Waals surface area contributed by atoms with Crippen LogP contribution in [0.3, 0.4) is 0 Å². The van der Waals surface area contributed by atoms with Crippen molar-refractivity contribution in [1.29, 1.82) is 0 Å². The molecule has 0 spiro atoms. The summed E-state index contributed by atoms with van der Waals surface area (Å²) in [6.07, 6.45) is 0. The van der Waals surface area contributed by atoms with Crippen LogP contribution in [-0.4, -0.2) is 14.3 Å². The molecule has 0 amide bonds. The molecule has 0 fully saturated rings. The maximum absolute atomic E-state index is 13.0. The molecule has 0 radical (unpaired) electrons. The number of nitrogens with zero attached hydrogens (tertiary/aromatic N) is 2. The lowest BCUT2D eigenvalue weighted by molar-refractivity contribution is 0.602. The number of halogens is 2. The second-order valence-electron chi connectivity index (χ2n) is 4.28. The standard InChI is InChI=1S/C12H15BrIN3O2S/c1-8-12(9(2)17(3)15-8)16-20(19,14-18)11-6-4-5-10(13)7-11/h4-7,16,19H,1-3H3/p-1. The number of aromatic nitrogens is 2. The number of aryl methyl sites for hydroxylation is 2. The van der Waals surface area contributed by atoms with E-state index < -0.39 is 27.5 Å². The van der Waals surface area contributed by atoms with Crippen LogP contribution in [-0.2, 0) is 10.1 Å². The van der Waals surface area contributed by atoms with Crippen molar-refractivity contribution >= 4 is 49.1 Å². The second kappa shape index (κ2) is 6.12. The zero-order valence-corrected chi connectivity index (χ0v) is 15.7. The highest BCUT2D eigenvalue weighted by Gasteiger charge is 2.19. The summed E-state index contributed by atoms with van der Waals surface area (Å²) in [6, 6.07) is 7.07. The first-order valence-electron chi connectivity index (χ1n) is 5.74. The Labute approximate surface area is 136 Å². The summed E-state index contributed by atoms with van der Waals surface area (Å²) in [4.78, 5) is 0.539. The van der Waals surface area contributed by atoms with E-state index in [2.05, 4.69) is 25.8 Å². The Morgan fingerprint density at radius 1 is 1.45 bits per heavy atom. The number of hydrogen-bond donors (Lipinski definition) is 1. The van der Waals surface area contributed by atoms with Gasteiger partial charge in [0.1, 0.15) is 0 Å². The minimum absolute atomic E-state index is 0.539. The van der Waals surface area contributed by atoms with Gasteiger partial charge in [-0.05, 0) is 32.0 Å². The summed E-state index contributed by atoms with van der Waals surface area (Å²) in [5.74, 6) is 0. The molecule has 0 saturated heterocycles. The SMILES string of the molecule is Cc1nn(C)c(C)c1NS([O-])(I=O)c1cccc(Br)c1. The Morgan fingerprint density at radius 3 is 2.65 bits per heavy atom. The van der Waals surface area contributed by atoms with Gasteiger partial charge >= 0.3 is 0 Å². The first-order valence-corrected chi connectivity index (χ1v) is 11.5. The largest absolute Gasteiger partial charge is 0.784 e. The molecule has 1 heterocycles. The minimum atomic E-state index is -2.79. The van der Waals surface area contributed by atoms with Gasteiger partial charge in [0.2, 0.25) is 19.8 Å². The maximum atomic E-state index is 13.0. The molecule has 2 rings (SSSR count). The van der Waals surface area contributed by atoms with E-state index in [0.717, 1.165) is 15.9 Å². The molecule has 0 aliphatic heterocycles. The van der Waals surface area contributed by atoms with E-state index in [1.54, 1.807) is 22.9 Å². The van der Waals surface area contributed by atoms with E-state index in [4.69, 9.17) is 0 Å². The molecule has 0 aliphatic carbocycles. The third-order valence-corrected chi connectivity index (χ3v) is 8.63. The molecule has 1 atom stereocenters. The topological polar surface area (TPSA) is 70.0 Å². The van der Waals surface area contributed by atoms with Crippen LogP contribution in [0.4, 0.5) is 5.69 Å². The third kappa shape index (κ3) is 3.07. The van der Waals surface area contributed by atoms with Gasteiger partial charge in [-0.25, -0.2) is 0 Å². The fraction of sp³-hybridized carbons (Fsp3) is 0.250. The van der Waals surface area contributed by atoms with E-state index in [-0.39, 0.29) is 0 Å². The Kier molecular flexibility index (Phi) is 4.88. The van der Waals surface area contributed by atoms with Gasteiger partial charge < -0.3 is 9.27 Å². The van der Waals surface area contributed by atoms with E-state index in [1.165, 1.54) is 0 Å². The Balaban J connectivity index is 2.44. The molecule has 20 heavy (non-hydrogen) atoms. The molecule has 2 aromatic rings. The van der Waals surface area contributed by atoms with Crippen molar-refractivity contribution < 1.29 is 7.62 Å². The zero-order valence-electron chi connectivity index (χ0n) is 11.2. The lowest BCUT2D eigenvalue weighted by atomic mass is 10.3. The van der Waals surface area contributed by atoms with Crippen LogP contribution in [0.2, 0.25) is 0 Å². The van der Waals surface area contributed by atoms with Gasteiger partial charge in [-0.15, -0.1) is 7.67 Å². The summed E-state index contributed by atoms with van der Waals surface area (Å²) in [5, 5.41) is 4.27. The predicted octanol–water partition coefficient (Wildman–Crippen LogP) is 4.35. The van der Waals surface area contributed by atoms with Gasteiger partial charge in [-0.2, -0.15) is 5.10 Å². The highest BCUT2D eigenvalue weighted by atomic mass is 127. The molecule has 1 aromatic carbocycles. The molecule has 110 valence electrons. The summed E-state index contributed by atoms with van der Waals surface area (Å²) in [5.41, 5.74) is 2.29.